The van der Waals surface area contributed by atoms with Crippen molar-refractivity contribution in [3.8, 4) is 22.6 Å². The number of allylic oxidation sites excluding steroid dienone is 2. The van der Waals surface area contributed by atoms with Crippen molar-refractivity contribution >= 4 is 11.9 Å². The standard InChI is InChI=1S/C45H50O4/c1-5-7-9-11-13-15-17-43(46)48-37-25-21-35(22-26-37)45(41-31-33(3)19-29-39(41)40-30-20-34(4)32-42(40)45)36-23-27-38(28-24-36)49-44(47)18-16-14-12-10-8-6-2/h15-32H,5-14H2,1-4H3/b17-15+,18-16+. The molecular formula is C45H50O4. The lowest BCUT2D eigenvalue weighted by Gasteiger charge is -2.34. The molecule has 0 N–H and O–H groups in total. The van der Waals surface area contributed by atoms with Crippen molar-refractivity contribution in [3.63, 3.8) is 0 Å². The Morgan fingerprint density at radius 1 is 0.551 bits per heavy atom. The molecule has 0 radical (unpaired) electrons. The van der Waals surface area contributed by atoms with Crippen molar-refractivity contribution in [3.05, 3.63) is 143 Å². The van der Waals surface area contributed by atoms with Gasteiger partial charge in [0.05, 0.1) is 5.41 Å². The highest BCUT2D eigenvalue weighted by Crippen LogP contribution is 2.56. The molecule has 0 saturated heterocycles. The second kappa shape index (κ2) is 17.1. The highest BCUT2D eigenvalue weighted by Gasteiger charge is 2.46. The van der Waals surface area contributed by atoms with Gasteiger partial charge < -0.3 is 9.47 Å². The summed E-state index contributed by atoms with van der Waals surface area (Å²) >= 11 is 0. The number of ether oxygens (including phenoxy) is 2. The van der Waals surface area contributed by atoms with E-state index < -0.39 is 5.41 Å². The van der Waals surface area contributed by atoms with Gasteiger partial charge in [0.2, 0.25) is 0 Å². The van der Waals surface area contributed by atoms with Crippen LogP contribution in [0.3, 0.4) is 0 Å². The lowest BCUT2D eigenvalue weighted by atomic mass is 9.67. The number of rotatable bonds is 16. The molecule has 4 heteroatoms. The molecule has 0 bridgehead atoms. The molecule has 1 aliphatic rings. The van der Waals surface area contributed by atoms with E-state index in [1.165, 1.54) is 84.1 Å². The fraction of sp³-hybridized carbons (Fsp3) is 0.333. The molecule has 4 aromatic rings. The SMILES string of the molecule is CCCCCC/C=C/C(=O)Oc1ccc(C2(c3ccc(OC(=O)/C=C/CCCCCC)cc3)c3cc(C)ccc3-c3ccc(C)cc32)cc1. The number of carbonyl (C=O) groups excluding carboxylic acids is 2. The van der Waals surface area contributed by atoms with Crippen molar-refractivity contribution in [2.45, 2.75) is 97.3 Å². The van der Waals surface area contributed by atoms with Crippen molar-refractivity contribution in [2.24, 2.45) is 0 Å². The maximum atomic E-state index is 12.6. The van der Waals surface area contributed by atoms with Gasteiger partial charge in [-0.15, -0.1) is 0 Å². The Morgan fingerprint density at radius 3 is 1.35 bits per heavy atom. The monoisotopic (exact) mass is 654 g/mol. The van der Waals surface area contributed by atoms with E-state index in [4.69, 9.17) is 9.47 Å². The van der Waals surface area contributed by atoms with Crippen LogP contribution in [0.5, 0.6) is 11.5 Å². The second-order valence-corrected chi connectivity index (χ2v) is 13.2. The third-order valence-electron chi connectivity index (χ3n) is 9.42. The normalized spacial score (nSPS) is 13.1. The Morgan fingerprint density at radius 2 is 0.959 bits per heavy atom. The maximum absolute atomic E-state index is 12.6. The number of unbranched alkanes of at least 4 members (excludes halogenated alkanes) is 8. The van der Waals surface area contributed by atoms with Crippen LogP contribution in [0.15, 0.2) is 109 Å². The molecule has 254 valence electrons. The van der Waals surface area contributed by atoms with Gasteiger partial charge in [0, 0.05) is 12.2 Å². The zero-order chi connectivity index (χ0) is 34.6. The summed E-state index contributed by atoms with van der Waals surface area (Å²) in [5.74, 6) is 0.286. The molecule has 0 unspecified atom stereocenters. The molecule has 0 atom stereocenters. The fourth-order valence-electron chi connectivity index (χ4n) is 6.92. The van der Waals surface area contributed by atoms with Gasteiger partial charge in [-0.2, -0.15) is 0 Å². The predicted octanol–water partition coefficient (Wildman–Crippen LogP) is 11.5. The number of hydrogen-bond donors (Lipinski definition) is 0. The van der Waals surface area contributed by atoms with Crippen molar-refractivity contribution in [1.29, 1.82) is 0 Å². The summed E-state index contributed by atoms with van der Waals surface area (Å²) in [7, 11) is 0. The lowest BCUT2D eigenvalue weighted by molar-refractivity contribution is -0.129. The summed E-state index contributed by atoms with van der Waals surface area (Å²) in [6.07, 6.45) is 18.0. The molecule has 4 nitrogen and oxygen atoms in total. The van der Waals surface area contributed by atoms with E-state index in [0.29, 0.717) is 11.5 Å². The zero-order valence-electron chi connectivity index (χ0n) is 29.6. The summed E-state index contributed by atoms with van der Waals surface area (Å²) < 4.78 is 11.4. The van der Waals surface area contributed by atoms with Gasteiger partial charge in [-0.25, -0.2) is 9.59 Å². The Labute approximate surface area is 292 Å². The lowest BCUT2D eigenvalue weighted by Crippen LogP contribution is -2.28. The number of fused-ring (bicyclic) bond motifs is 3. The zero-order valence-corrected chi connectivity index (χ0v) is 29.6. The van der Waals surface area contributed by atoms with E-state index in [0.717, 1.165) is 36.8 Å². The highest BCUT2D eigenvalue weighted by molar-refractivity contribution is 5.87. The van der Waals surface area contributed by atoms with E-state index >= 15 is 0 Å². The maximum Gasteiger partial charge on any atom is 0.335 e. The van der Waals surface area contributed by atoms with Gasteiger partial charge in [0.25, 0.3) is 0 Å². The van der Waals surface area contributed by atoms with E-state index in [-0.39, 0.29) is 11.9 Å². The van der Waals surface area contributed by atoms with Gasteiger partial charge in [-0.1, -0.05) is 136 Å². The summed E-state index contributed by atoms with van der Waals surface area (Å²) in [4.78, 5) is 25.2. The van der Waals surface area contributed by atoms with Crippen molar-refractivity contribution < 1.29 is 19.1 Å². The largest absolute Gasteiger partial charge is 0.423 e. The molecule has 5 rings (SSSR count). The minimum absolute atomic E-state index is 0.364. The van der Waals surface area contributed by atoms with Crippen LogP contribution in [0.4, 0.5) is 0 Å². The fourth-order valence-corrected chi connectivity index (χ4v) is 6.92. The summed E-state index contributed by atoms with van der Waals surface area (Å²) in [5.41, 5.74) is 8.61. The number of esters is 2. The first-order valence-corrected chi connectivity index (χ1v) is 18.1. The minimum Gasteiger partial charge on any atom is -0.423 e. The third-order valence-corrected chi connectivity index (χ3v) is 9.42. The number of hydrogen-bond acceptors (Lipinski definition) is 4. The van der Waals surface area contributed by atoms with Crippen LogP contribution in [0, 0.1) is 13.8 Å². The number of benzene rings is 4. The van der Waals surface area contributed by atoms with Crippen LogP contribution < -0.4 is 9.47 Å². The van der Waals surface area contributed by atoms with Gasteiger partial charge in [0.1, 0.15) is 11.5 Å². The van der Waals surface area contributed by atoms with Gasteiger partial charge in [-0.3, -0.25) is 0 Å². The van der Waals surface area contributed by atoms with Crippen LogP contribution in [-0.2, 0) is 15.0 Å². The average Bonchev–Trinajstić information content (AvgIpc) is 3.37. The van der Waals surface area contributed by atoms with Gasteiger partial charge in [0.15, 0.2) is 0 Å². The molecule has 4 aromatic carbocycles. The highest BCUT2D eigenvalue weighted by atomic mass is 16.5. The van der Waals surface area contributed by atoms with Crippen LogP contribution in [0.1, 0.15) is 111 Å². The van der Waals surface area contributed by atoms with E-state index in [2.05, 4.69) is 88.4 Å². The summed E-state index contributed by atoms with van der Waals surface area (Å²) in [6, 6.07) is 29.2. The molecule has 0 spiro atoms. The van der Waals surface area contributed by atoms with E-state index in [9.17, 15) is 9.59 Å². The quantitative estimate of drug-likeness (QED) is 0.0460. The Hall–Kier alpha value is -4.70. The summed E-state index contributed by atoms with van der Waals surface area (Å²) in [5, 5.41) is 0. The van der Waals surface area contributed by atoms with Crippen molar-refractivity contribution in [1.82, 2.24) is 0 Å². The number of carbonyl (C=O) groups is 2. The molecule has 1 aliphatic carbocycles. The van der Waals surface area contributed by atoms with Crippen LogP contribution in [0.2, 0.25) is 0 Å². The molecule has 0 aliphatic heterocycles. The first-order chi connectivity index (χ1) is 23.9. The van der Waals surface area contributed by atoms with Crippen LogP contribution >= 0.6 is 0 Å². The summed E-state index contributed by atoms with van der Waals surface area (Å²) in [6.45, 7) is 8.63. The first kappa shape index (κ1) is 35.6. The molecule has 0 heterocycles. The van der Waals surface area contributed by atoms with E-state index in [1.807, 2.05) is 36.4 Å². The molecule has 0 saturated carbocycles. The second-order valence-electron chi connectivity index (χ2n) is 13.2. The van der Waals surface area contributed by atoms with Crippen molar-refractivity contribution in [2.75, 3.05) is 0 Å². The third kappa shape index (κ3) is 8.48. The Balaban J connectivity index is 1.46. The molecule has 0 fully saturated rings. The Kier molecular flexibility index (Phi) is 12.4. The molecule has 0 amide bonds. The molecular weight excluding hydrogens is 604 g/mol. The van der Waals surface area contributed by atoms with E-state index in [1.54, 1.807) is 0 Å². The van der Waals surface area contributed by atoms with Gasteiger partial charge in [-0.05, 0) is 97.2 Å². The predicted molar refractivity (Wildman–Crippen MR) is 200 cm³/mol. The Bertz CT molecular complexity index is 1640. The smallest absolute Gasteiger partial charge is 0.335 e. The van der Waals surface area contributed by atoms with Crippen LogP contribution in [-0.4, -0.2) is 11.9 Å². The van der Waals surface area contributed by atoms with Gasteiger partial charge >= 0.3 is 11.9 Å². The van der Waals surface area contributed by atoms with Crippen LogP contribution in [0.25, 0.3) is 11.1 Å². The first-order valence-electron chi connectivity index (χ1n) is 18.1. The molecule has 0 aromatic heterocycles. The molecule has 49 heavy (non-hydrogen) atoms. The average molecular weight is 655 g/mol. The minimum atomic E-state index is -0.634. The number of aryl methyl sites for hydroxylation is 2. The topological polar surface area (TPSA) is 52.6 Å².